The van der Waals surface area contributed by atoms with Crippen molar-refractivity contribution in [1.82, 2.24) is 5.32 Å². The lowest BCUT2D eigenvalue weighted by molar-refractivity contribution is -0.279. The average Bonchev–Trinajstić information content (AvgIpc) is 2.72. The molecule has 9 heteroatoms. The van der Waals surface area contributed by atoms with Gasteiger partial charge in [0.25, 0.3) is 0 Å². The molecule has 0 heterocycles. The van der Waals surface area contributed by atoms with Crippen LogP contribution in [-0.4, -0.2) is 61.4 Å². The van der Waals surface area contributed by atoms with Gasteiger partial charge in [-0.25, -0.2) is 4.79 Å². The van der Waals surface area contributed by atoms with Crippen molar-refractivity contribution in [3.63, 3.8) is 0 Å². The molecule has 0 amide bonds. The van der Waals surface area contributed by atoms with Crippen LogP contribution in [0.15, 0.2) is 29.3 Å². The Labute approximate surface area is 190 Å². The van der Waals surface area contributed by atoms with E-state index in [-0.39, 0.29) is 12.6 Å². The van der Waals surface area contributed by atoms with Gasteiger partial charge >= 0.3 is 11.9 Å². The van der Waals surface area contributed by atoms with Gasteiger partial charge in [-0.3, -0.25) is 14.7 Å². The number of unbranched alkanes of at least 4 members (excludes halogenated alkanes) is 2. The largest absolute Gasteiger partial charge is 0.494 e. The zero-order valence-corrected chi connectivity index (χ0v) is 19.6. The van der Waals surface area contributed by atoms with Crippen molar-refractivity contribution in [3.05, 3.63) is 29.8 Å². The molecule has 32 heavy (non-hydrogen) atoms. The Bertz CT molecular complexity index is 718. The predicted molar refractivity (Wildman–Crippen MR) is 121 cm³/mol. The van der Waals surface area contributed by atoms with Crippen LogP contribution in [-0.2, 0) is 24.1 Å². The fourth-order valence-corrected chi connectivity index (χ4v) is 2.64. The average molecular weight is 453 g/mol. The van der Waals surface area contributed by atoms with Crippen LogP contribution in [0.3, 0.4) is 0 Å². The molecule has 0 aromatic heterocycles. The monoisotopic (exact) mass is 452 g/mol. The number of amidine groups is 1. The molecule has 1 aromatic rings. The van der Waals surface area contributed by atoms with E-state index in [9.17, 15) is 9.59 Å². The molecule has 0 spiro atoms. The number of rotatable bonds is 15. The standard InChI is InChI=1S/C23H36N2O7/c1-16(2)24-22(25-17(3)4)18-9-11-19(12-10-18)30-13-7-6-8-14-31-32-23(28)20(29-5)15-21(26)27/h9-12,16-17,20H,6-8,13-15H2,1-5H3,(H,24,25)(H,26,27). The normalized spacial score (nSPS) is 12.7. The van der Waals surface area contributed by atoms with Gasteiger partial charge in [0.1, 0.15) is 11.6 Å². The zero-order valence-electron chi connectivity index (χ0n) is 19.6. The molecule has 0 aliphatic heterocycles. The summed E-state index contributed by atoms with van der Waals surface area (Å²) in [6, 6.07) is 8.34. The predicted octanol–water partition coefficient (Wildman–Crippen LogP) is 3.35. The Morgan fingerprint density at radius 2 is 1.69 bits per heavy atom. The minimum atomic E-state index is -1.18. The van der Waals surface area contributed by atoms with Crippen LogP contribution < -0.4 is 10.1 Å². The maximum atomic E-state index is 11.6. The lowest BCUT2D eigenvalue weighted by Crippen LogP contribution is -2.31. The van der Waals surface area contributed by atoms with Crippen LogP contribution in [0.2, 0.25) is 0 Å². The molecule has 2 N–H and O–H groups in total. The molecule has 1 rings (SSSR count). The molecule has 0 aliphatic rings. The van der Waals surface area contributed by atoms with Crippen molar-refractivity contribution in [1.29, 1.82) is 0 Å². The van der Waals surface area contributed by atoms with E-state index in [4.69, 9.17) is 19.5 Å². The highest BCUT2D eigenvalue weighted by Gasteiger charge is 2.23. The van der Waals surface area contributed by atoms with E-state index in [1.807, 2.05) is 38.1 Å². The Morgan fingerprint density at radius 1 is 1.03 bits per heavy atom. The first-order chi connectivity index (χ1) is 15.2. The number of aliphatic imine (C=N–C) groups is 1. The van der Waals surface area contributed by atoms with Gasteiger partial charge in [0.2, 0.25) is 0 Å². The van der Waals surface area contributed by atoms with Crippen LogP contribution >= 0.6 is 0 Å². The number of hydrogen-bond donors (Lipinski definition) is 2. The number of aliphatic carboxylic acids is 1. The number of ether oxygens (including phenoxy) is 2. The van der Waals surface area contributed by atoms with Gasteiger partial charge in [0.15, 0.2) is 6.10 Å². The number of nitrogens with one attached hydrogen (secondary N) is 1. The molecular weight excluding hydrogens is 416 g/mol. The van der Waals surface area contributed by atoms with E-state index in [0.29, 0.717) is 19.1 Å². The highest BCUT2D eigenvalue weighted by Crippen LogP contribution is 2.14. The van der Waals surface area contributed by atoms with Gasteiger partial charge in [0, 0.05) is 24.8 Å². The molecule has 0 fully saturated rings. The minimum Gasteiger partial charge on any atom is -0.494 e. The Kier molecular flexibility index (Phi) is 13.0. The van der Waals surface area contributed by atoms with Crippen molar-refractivity contribution in [3.8, 4) is 5.75 Å². The number of carboxylic acids is 1. The van der Waals surface area contributed by atoms with Gasteiger partial charge in [0.05, 0.1) is 19.6 Å². The van der Waals surface area contributed by atoms with E-state index < -0.39 is 24.5 Å². The molecular formula is C23H36N2O7. The summed E-state index contributed by atoms with van der Waals surface area (Å²) in [5, 5.41) is 12.1. The van der Waals surface area contributed by atoms with Crippen LogP contribution in [0.4, 0.5) is 0 Å². The quantitative estimate of drug-likeness (QED) is 0.137. The highest BCUT2D eigenvalue weighted by molar-refractivity contribution is 5.99. The summed E-state index contributed by atoms with van der Waals surface area (Å²) in [4.78, 5) is 36.3. The molecule has 1 atom stereocenters. The molecule has 1 unspecified atom stereocenters. The summed E-state index contributed by atoms with van der Waals surface area (Å²) in [5.74, 6) is -0.342. The Morgan fingerprint density at radius 3 is 2.25 bits per heavy atom. The number of carboxylic acid groups (broad SMARTS) is 1. The minimum absolute atomic E-state index is 0.200. The Hall–Kier alpha value is -2.65. The lowest BCUT2D eigenvalue weighted by Gasteiger charge is -2.15. The van der Waals surface area contributed by atoms with Crippen LogP contribution in [0, 0.1) is 0 Å². The third kappa shape index (κ3) is 11.7. The van der Waals surface area contributed by atoms with E-state index in [2.05, 4.69) is 29.0 Å². The molecule has 0 bridgehead atoms. The van der Waals surface area contributed by atoms with E-state index in [0.717, 1.165) is 30.0 Å². The molecule has 9 nitrogen and oxygen atoms in total. The summed E-state index contributed by atoms with van der Waals surface area (Å²) < 4.78 is 10.5. The van der Waals surface area contributed by atoms with Crippen molar-refractivity contribution < 1.29 is 33.9 Å². The summed E-state index contributed by atoms with van der Waals surface area (Å²) >= 11 is 0. The van der Waals surface area contributed by atoms with Gasteiger partial charge in [-0.2, -0.15) is 4.89 Å². The maximum absolute atomic E-state index is 11.6. The van der Waals surface area contributed by atoms with E-state index in [1.165, 1.54) is 7.11 Å². The Balaban J connectivity index is 2.27. The molecule has 0 radical (unpaired) electrons. The number of hydrogen-bond acceptors (Lipinski definition) is 7. The first-order valence-corrected chi connectivity index (χ1v) is 10.9. The fourth-order valence-electron chi connectivity index (χ4n) is 2.64. The number of nitrogens with zero attached hydrogens (tertiary/aromatic N) is 1. The number of benzene rings is 1. The van der Waals surface area contributed by atoms with Gasteiger partial charge in [-0.1, -0.05) is 0 Å². The second-order valence-corrected chi connectivity index (χ2v) is 7.85. The first kappa shape index (κ1) is 27.4. The van der Waals surface area contributed by atoms with E-state index >= 15 is 0 Å². The topological polar surface area (TPSA) is 116 Å². The third-order valence-electron chi connectivity index (χ3n) is 4.13. The number of carbonyl (C=O) groups excluding carboxylic acids is 1. The second-order valence-electron chi connectivity index (χ2n) is 7.85. The molecule has 0 saturated heterocycles. The SMILES string of the molecule is COC(CC(=O)O)C(=O)OOCCCCCOc1ccc(C(=NC(C)C)NC(C)C)cc1. The summed E-state index contributed by atoms with van der Waals surface area (Å²) in [5.41, 5.74) is 1.02. The van der Waals surface area contributed by atoms with E-state index in [1.54, 1.807) is 0 Å². The van der Waals surface area contributed by atoms with Crippen LogP contribution in [0.1, 0.15) is 58.9 Å². The second kappa shape index (κ2) is 15.2. The number of methoxy groups -OCH3 is 1. The third-order valence-corrected chi connectivity index (χ3v) is 4.13. The molecule has 180 valence electrons. The van der Waals surface area contributed by atoms with Crippen LogP contribution in [0.5, 0.6) is 5.75 Å². The first-order valence-electron chi connectivity index (χ1n) is 10.9. The van der Waals surface area contributed by atoms with Gasteiger partial charge < -0.3 is 19.9 Å². The number of carbonyl (C=O) groups is 2. The highest BCUT2D eigenvalue weighted by atomic mass is 17.2. The smallest absolute Gasteiger partial charge is 0.371 e. The summed E-state index contributed by atoms with van der Waals surface area (Å²) in [7, 11) is 1.24. The van der Waals surface area contributed by atoms with Crippen molar-refractivity contribution in [2.24, 2.45) is 4.99 Å². The lowest BCUT2D eigenvalue weighted by atomic mass is 10.1. The van der Waals surface area contributed by atoms with Crippen molar-refractivity contribution in [2.45, 2.75) is 71.6 Å². The van der Waals surface area contributed by atoms with Crippen molar-refractivity contribution >= 4 is 17.8 Å². The van der Waals surface area contributed by atoms with Gasteiger partial charge in [-0.15, -0.1) is 0 Å². The fraction of sp³-hybridized carbons (Fsp3) is 0.609. The van der Waals surface area contributed by atoms with Gasteiger partial charge in [-0.05, 0) is 71.2 Å². The van der Waals surface area contributed by atoms with Crippen LogP contribution in [0.25, 0.3) is 0 Å². The molecule has 0 saturated carbocycles. The maximum Gasteiger partial charge on any atom is 0.371 e. The summed E-state index contributed by atoms with van der Waals surface area (Å²) in [6.07, 6.45) is 0.649. The zero-order chi connectivity index (χ0) is 23.9. The molecule has 1 aromatic carbocycles. The van der Waals surface area contributed by atoms with Crippen molar-refractivity contribution in [2.75, 3.05) is 20.3 Å². The molecule has 0 aliphatic carbocycles. The summed E-state index contributed by atoms with van der Waals surface area (Å²) in [6.45, 7) is 9.02.